The van der Waals surface area contributed by atoms with Gasteiger partial charge in [0, 0.05) is 5.02 Å². The molecule has 0 spiro atoms. The molecule has 1 rings (SSSR count). The molecule has 1 atom stereocenters. The van der Waals surface area contributed by atoms with Crippen molar-refractivity contribution in [2.45, 2.75) is 12.3 Å². The van der Waals surface area contributed by atoms with Gasteiger partial charge in [0.25, 0.3) is 0 Å². The molecule has 0 heterocycles. The van der Waals surface area contributed by atoms with Crippen molar-refractivity contribution in [1.82, 2.24) is 4.90 Å². The van der Waals surface area contributed by atoms with Crippen LogP contribution in [0.2, 0.25) is 5.02 Å². The van der Waals surface area contributed by atoms with Crippen LogP contribution >= 0.6 is 11.6 Å². The van der Waals surface area contributed by atoms with Crippen molar-refractivity contribution in [1.29, 1.82) is 5.26 Å². The van der Waals surface area contributed by atoms with Crippen LogP contribution in [0.15, 0.2) is 24.3 Å². The molecule has 15 heavy (non-hydrogen) atoms. The Kier molecular flexibility index (Phi) is 4.61. The Morgan fingerprint density at radius 3 is 2.73 bits per heavy atom. The van der Waals surface area contributed by atoms with Crippen LogP contribution in [-0.4, -0.2) is 25.5 Å². The molecule has 0 fully saturated rings. The van der Waals surface area contributed by atoms with Crippen molar-refractivity contribution >= 4 is 11.6 Å². The Labute approximate surface area is 96.1 Å². The maximum atomic E-state index is 9.07. The number of halogens is 1. The van der Waals surface area contributed by atoms with E-state index in [1.54, 1.807) is 0 Å². The van der Waals surface area contributed by atoms with E-state index in [-0.39, 0.29) is 5.92 Å². The first-order chi connectivity index (χ1) is 7.13. The molecule has 0 saturated carbocycles. The zero-order chi connectivity index (χ0) is 11.3. The van der Waals surface area contributed by atoms with E-state index in [1.807, 2.05) is 38.4 Å². The molecule has 0 N–H and O–H groups in total. The molecule has 0 aromatic heterocycles. The molecule has 80 valence electrons. The van der Waals surface area contributed by atoms with Gasteiger partial charge in [0.05, 0.1) is 12.0 Å². The highest BCUT2D eigenvalue weighted by molar-refractivity contribution is 6.30. The maximum absolute atomic E-state index is 9.07. The number of nitriles is 1. The zero-order valence-electron chi connectivity index (χ0n) is 9.07. The summed E-state index contributed by atoms with van der Waals surface area (Å²) < 4.78 is 0. The maximum Gasteiger partial charge on any atom is 0.0725 e. The predicted octanol–water partition coefficient (Wildman–Crippen LogP) is 2.90. The first-order valence-corrected chi connectivity index (χ1v) is 5.31. The minimum Gasteiger partial charge on any atom is -0.309 e. The van der Waals surface area contributed by atoms with E-state index in [0.717, 1.165) is 18.5 Å². The Bertz CT molecular complexity index is 355. The third kappa shape index (κ3) is 3.91. The van der Waals surface area contributed by atoms with E-state index >= 15 is 0 Å². The smallest absolute Gasteiger partial charge is 0.0725 e. The van der Waals surface area contributed by atoms with Gasteiger partial charge in [-0.05, 0) is 44.8 Å². The summed E-state index contributed by atoms with van der Waals surface area (Å²) in [7, 11) is 4.01. The normalized spacial score (nSPS) is 12.5. The largest absolute Gasteiger partial charge is 0.309 e. The van der Waals surface area contributed by atoms with Gasteiger partial charge in [0.1, 0.15) is 0 Å². The molecular formula is C12H15ClN2. The fraction of sp³-hybridized carbons (Fsp3) is 0.417. The first kappa shape index (κ1) is 12.0. The Balaban J connectivity index is 2.71. The topological polar surface area (TPSA) is 27.0 Å². The number of hydrogen-bond acceptors (Lipinski definition) is 2. The second-order valence-corrected chi connectivity index (χ2v) is 4.27. The third-order valence-corrected chi connectivity index (χ3v) is 2.51. The zero-order valence-corrected chi connectivity index (χ0v) is 9.83. The highest BCUT2D eigenvalue weighted by Gasteiger charge is 2.10. The summed E-state index contributed by atoms with van der Waals surface area (Å²) in [6, 6.07) is 9.85. The summed E-state index contributed by atoms with van der Waals surface area (Å²) in [6.45, 7) is 0.907. The van der Waals surface area contributed by atoms with Crippen molar-refractivity contribution in [3.63, 3.8) is 0 Å². The molecule has 0 radical (unpaired) electrons. The van der Waals surface area contributed by atoms with E-state index in [0.29, 0.717) is 5.02 Å². The van der Waals surface area contributed by atoms with E-state index in [9.17, 15) is 0 Å². The number of hydrogen-bond donors (Lipinski definition) is 0. The fourth-order valence-electron chi connectivity index (χ4n) is 1.42. The van der Waals surface area contributed by atoms with E-state index in [2.05, 4.69) is 11.0 Å². The quantitative estimate of drug-likeness (QED) is 0.784. The summed E-state index contributed by atoms with van der Waals surface area (Å²) in [5, 5.41) is 9.76. The molecule has 0 aliphatic heterocycles. The van der Waals surface area contributed by atoms with Crippen molar-refractivity contribution in [2.24, 2.45) is 0 Å². The van der Waals surface area contributed by atoms with Gasteiger partial charge in [-0.3, -0.25) is 0 Å². The molecule has 1 aromatic rings. The summed E-state index contributed by atoms with van der Waals surface area (Å²) in [6.07, 6.45) is 0.837. The number of rotatable bonds is 4. The lowest BCUT2D eigenvalue weighted by atomic mass is 9.97. The van der Waals surface area contributed by atoms with Crippen LogP contribution in [0.25, 0.3) is 0 Å². The van der Waals surface area contributed by atoms with Crippen molar-refractivity contribution in [3.05, 3.63) is 34.9 Å². The molecule has 1 aromatic carbocycles. The lowest BCUT2D eigenvalue weighted by molar-refractivity contribution is 0.393. The van der Waals surface area contributed by atoms with Gasteiger partial charge in [0.15, 0.2) is 0 Å². The van der Waals surface area contributed by atoms with Gasteiger partial charge in [0.2, 0.25) is 0 Å². The molecule has 0 amide bonds. The highest BCUT2D eigenvalue weighted by atomic mass is 35.5. The standard InChI is InChI=1S/C12H15ClN2/c1-15(2)7-6-11(9-14)10-4-3-5-12(13)8-10/h3-5,8,11H,6-7H2,1-2H3. The average Bonchev–Trinajstić information content (AvgIpc) is 2.18. The summed E-state index contributed by atoms with van der Waals surface area (Å²) >= 11 is 5.89. The molecule has 0 bridgehead atoms. The molecule has 0 saturated heterocycles. The summed E-state index contributed by atoms with van der Waals surface area (Å²) in [5.74, 6) is -0.0638. The van der Waals surface area contributed by atoms with Gasteiger partial charge in [-0.1, -0.05) is 23.7 Å². The van der Waals surface area contributed by atoms with Crippen molar-refractivity contribution in [2.75, 3.05) is 20.6 Å². The molecule has 2 nitrogen and oxygen atoms in total. The Morgan fingerprint density at radius 2 is 2.20 bits per heavy atom. The SMILES string of the molecule is CN(C)CCC(C#N)c1cccc(Cl)c1. The monoisotopic (exact) mass is 222 g/mol. The van der Waals surface area contributed by atoms with Gasteiger partial charge in [-0.2, -0.15) is 5.26 Å². The summed E-state index contributed by atoms with van der Waals surface area (Å²) in [4.78, 5) is 2.08. The number of benzene rings is 1. The van der Waals surface area contributed by atoms with Gasteiger partial charge >= 0.3 is 0 Å². The van der Waals surface area contributed by atoms with Crippen LogP contribution in [0.1, 0.15) is 17.9 Å². The Hall–Kier alpha value is -1.04. The Morgan fingerprint density at radius 1 is 1.47 bits per heavy atom. The van der Waals surface area contributed by atoms with Crippen LogP contribution in [0, 0.1) is 11.3 Å². The molecular weight excluding hydrogens is 208 g/mol. The minimum absolute atomic E-state index is 0.0638. The molecule has 3 heteroatoms. The lowest BCUT2D eigenvalue weighted by Gasteiger charge is -2.13. The first-order valence-electron chi connectivity index (χ1n) is 4.93. The average molecular weight is 223 g/mol. The third-order valence-electron chi connectivity index (χ3n) is 2.27. The molecule has 0 aliphatic rings. The van der Waals surface area contributed by atoms with Crippen molar-refractivity contribution < 1.29 is 0 Å². The number of nitrogens with zero attached hydrogens (tertiary/aromatic N) is 2. The summed E-state index contributed by atoms with van der Waals surface area (Å²) in [5.41, 5.74) is 1.01. The van der Waals surface area contributed by atoms with Crippen LogP contribution in [0.3, 0.4) is 0 Å². The van der Waals surface area contributed by atoms with Crippen LogP contribution in [0.4, 0.5) is 0 Å². The van der Waals surface area contributed by atoms with E-state index in [1.165, 1.54) is 0 Å². The van der Waals surface area contributed by atoms with Gasteiger partial charge in [-0.15, -0.1) is 0 Å². The van der Waals surface area contributed by atoms with Crippen LogP contribution in [-0.2, 0) is 0 Å². The van der Waals surface area contributed by atoms with E-state index < -0.39 is 0 Å². The molecule has 1 unspecified atom stereocenters. The van der Waals surface area contributed by atoms with Crippen LogP contribution in [0.5, 0.6) is 0 Å². The van der Waals surface area contributed by atoms with Crippen LogP contribution < -0.4 is 0 Å². The lowest BCUT2D eigenvalue weighted by Crippen LogP contribution is -2.15. The minimum atomic E-state index is -0.0638. The van der Waals surface area contributed by atoms with E-state index in [4.69, 9.17) is 16.9 Å². The van der Waals surface area contributed by atoms with Gasteiger partial charge < -0.3 is 4.90 Å². The molecule has 0 aliphatic carbocycles. The second kappa shape index (κ2) is 5.75. The second-order valence-electron chi connectivity index (χ2n) is 3.83. The van der Waals surface area contributed by atoms with Crippen molar-refractivity contribution in [3.8, 4) is 6.07 Å². The highest BCUT2D eigenvalue weighted by Crippen LogP contribution is 2.21. The predicted molar refractivity (Wildman–Crippen MR) is 63.0 cm³/mol. The fourth-order valence-corrected chi connectivity index (χ4v) is 1.62. The van der Waals surface area contributed by atoms with Gasteiger partial charge in [-0.25, -0.2) is 0 Å².